The molecule has 1 atom stereocenters. The number of nitrogens with zero attached hydrogens (tertiary/aromatic N) is 4. The summed E-state index contributed by atoms with van der Waals surface area (Å²) in [4.78, 5) is 5.15. The Bertz CT molecular complexity index is 664. The lowest BCUT2D eigenvalue weighted by Gasteiger charge is -2.28. The quantitative estimate of drug-likeness (QED) is 0.795. The fraction of sp³-hybridized carbons (Fsp3) is 0.200. The van der Waals surface area contributed by atoms with Gasteiger partial charge in [-0.15, -0.1) is 0 Å². The van der Waals surface area contributed by atoms with Gasteiger partial charge in [-0.05, 0) is 37.6 Å². The van der Waals surface area contributed by atoms with Crippen molar-refractivity contribution in [2.45, 2.75) is 20.0 Å². The molecule has 0 radical (unpaired) electrons. The van der Waals surface area contributed by atoms with E-state index in [1.165, 1.54) is 11.1 Å². The van der Waals surface area contributed by atoms with Gasteiger partial charge < -0.3 is 4.90 Å². The van der Waals surface area contributed by atoms with E-state index in [1.54, 1.807) is 13.3 Å². The molecule has 6 heteroatoms. The number of pyridine rings is 1. The highest BCUT2D eigenvalue weighted by molar-refractivity contribution is 5.84. The Kier molecular flexibility index (Phi) is 3.29. The predicted octanol–water partition coefficient (Wildman–Crippen LogP) is 3.28. The van der Waals surface area contributed by atoms with Gasteiger partial charge in [0, 0.05) is 5.69 Å². The smallest absolute Gasteiger partial charge is 0.241 e. The van der Waals surface area contributed by atoms with E-state index in [9.17, 15) is 8.78 Å². The summed E-state index contributed by atoms with van der Waals surface area (Å²) in [5.74, 6) is -1.68. The number of aryl methyl sites for hydroxylation is 1. The molecular weight excluding hydrogens is 274 g/mol. The zero-order chi connectivity index (χ0) is 15.0. The number of hydrogen-bond donors (Lipinski definition) is 0. The number of para-hydroxylation sites is 1. The third-order valence-electron chi connectivity index (χ3n) is 3.45. The number of rotatable bonds is 2. The molecule has 0 amide bonds. The molecule has 0 fully saturated rings. The molecule has 4 nitrogen and oxygen atoms in total. The van der Waals surface area contributed by atoms with E-state index in [2.05, 4.69) is 10.1 Å². The number of anilines is 2. The van der Waals surface area contributed by atoms with Crippen LogP contribution < -0.4 is 9.91 Å². The van der Waals surface area contributed by atoms with Gasteiger partial charge in [0.1, 0.15) is 18.2 Å². The summed E-state index contributed by atoms with van der Waals surface area (Å²) in [6.45, 7) is 3.53. The van der Waals surface area contributed by atoms with Crippen LogP contribution in [0.15, 0.2) is 41.5 Å². The van der Waals surface area contributed by atoms with Gasteiger partial charge in [-0.1, -0.05) is 18.2 Å². The maximum atomic E-state index is 14.0. The Morgan fingerprint density at radius 1 is 1.14 bits per heavy atom. The molecule has 0 aliphatic carbocycles. The number of hydrogen-bond acceptors (Lipinski definition) is 4. The molecule has 1 aliphatic rings. The molecule has 1 unspecified atom stereocenters. The first-order valence-electron chi connectivity index (χ1n) is 6.57. The molecule has 1 aromatic heterocycles. The van der Waals surface area contributed by atoms with Gasteiger partial charge >= 0.3 is 0 Å². The number of aromatic nitrogens is 1. The van der Waals surface area contributed by atoms with Crippen molar-refractivity contribution in [1.82, 2.24) is 4.98 Å². The zero-order valence-electron chi connectivity index (χ0n) is 11.7. The van der Waals surface area contributed by atoms with Gasteiger partial charge in [0.05, 0.1) is 0 Å². The van der Waals surface area contributed by atoms with Crippen LogP contribution in [0, 0.1) is 18.8 Å². The van der Waals surface area contributed by atoms with Crippen LogP contribution >= 0.6 is 0 Å². The number of halogens is 2. The summed E-state index contributed by atoms with van der Waals surface area (Å²) in [7, 11) is 0. The van der Waals surface area contributed by atoms with Gasteiger partial charge in [0.15, 0.2) is 0 Å². The molecule has 1 aromatic carbocycles. The van der Waals surface area contributed by atoms with Gasteiger partial charge in [-0.2, -0.15) is 18.9 Å². The maximum absolute atomic E-state index is 14.0. The molecule has 0 N–H and O–H groups in total. The Morgan fingerprint density at radius 3 is 2.52 bits per heavy atom. The third kappa shape index (κ3) is 2.33. The number of benzene rings is 1. The predicted molar refractivity (Wildman–Crippen MR) is 78.2 cm³/mol. The summed E-state index contributed by atoms with van der Waals surface area (Å²) >= 11 is 0. The van der Waals surface area contributed by atoms with Crippen molar-refractivity contribution in [2.24, 2.45) is 5.10 Å². The van der Waals surface area contributed by atoms with Crippen LogP contribution in [-0.4, -0.2) is 17.5 Å². The minimum atomic E-state index is -0.855. The molecule has 108 valence electrons. The van der Waals surface area contributed by atoms with E-state index >= 15 is 0 Å². The second-order valence-corrected chi connectivity index (χ2v) is 4.85. The van der Waals surface area contributed by atoms with Crippen molar-refractivity contribution < 1.29 is 8.78 Å². The lowest BCUT2D eigenvalue weighted by Crippen LogP contribution is -2.38. The van der Waals surface area contributed by atoms with E-state index in [0.29, 0.717) is 5.56 Å². The highest BCUT2D eigenvalue weighted by Gasteiger charge is 2.29. The Labute approximate surface area is 121 Å². The average Bonchev–Trinajstić information content (AvgIpc) is 2.81. The largest absolute Gasteiger partial charge is 0.308 e. The van der Waals surface area contributed by atoms with E-state index in [0.717, 1.165) is 5.69 Å². The van der Waals surface area contributed by atoms with Crippen molar-refractivity contribution in [1.29, 1.82) is 0 Å². The molecular formula is C15H14F2N4. The standard InChI is InChI=1S/C15H14F2N4/c1-10-8-13(16)19-15(17)14(10)21-11(2)20(9-18-21)12-6-4-3-5-7-12/h3-9,11H,1-2H3. The lowest BCUT2D eigenvalue weighted by atomic mass is 10.2. The molecule has 2 heterocycles. The zero-order valence-corrected chi connectivity index (χ0v) is 11.7. The molecule has 3 rings (SSSR count). The van der Waals surface area contributed by atoms with E-state index in [1.807, 2.05) is 42.2 Å². The van der Waals surface area contributed by atoms with Crippen LogP contribution in [0.1, 0.15) is 12.5 Å². The number of hydrazone groups is 1. The summed E-state index contributed by atoms with van der Waals surface area (Å²) in [5, 5.41) is 5.73. The SMILES string of the molecule is Cc1cc(F)nc(F)c1N1N=CN(c2ccccc2)C1C. The second kappa shape index (κ2) is 5.12. The van der Waals surface area contributed by atoms with Crippen LogP contribution in [0.2, 0.25) is 0 Å². The fourth-order valence-electron chi connectivity index (χ4n) is 2.41. The van der Waals surface area contributed by atoms with Gasteiger partial charge in [0.25, 0.3) is 0 Å². The average molecular weight is 288 g/mol. The lowest BCUT2D eigenvalue weighted by molar-refractivity contribution is 0.506. The molecule has 0 spiro atoms. The van der Waals surface area contributed by atoms with Crippen LogP contribution in [0.5, 0.6) is 0 Å². The van der Waals surface area contributed by atoms with Crippen LogP contribution in [0.25, 0.3) is 0 Å². The van der Waals surface area contributed by atoms with E-state index in [-0.39, 0.29) is 11.9 Å². The van der Waals surface area contributed by atoms with Crippen LogP contribution in [0.4, 0.5) is 20.2 Å². The first kappa shape index (κ1) is 13.5. The summed E-state index contributed by atoms with van der Waals surface area (Å²) in [5.41, 5.74) is 1.60. The van der Waals surface area contributed by atoms with Gasteiger partial charge in [0.2, 0.25) is 11.9 Å². The minimum Gasteiger partial charge on any atom is -0.308 e. The molecule has 21 heavy (non-hydrogen) atoms. The Morgan fingerprint density at radius 2 is 1.86 bits per heavy atom. The highest BCUT2D eigenvalue weighted by Crippen LogP contribution is 2.30. The first-order valence-corrected chi connectivity index (χ1v) is 6.57. The van der Waals surface area contributed by atoms with Crippen molar-refractivity contribution in [2.75, 3.05) is 9.91 Å². The van der Waals surface area contributed by atoms with Crippen LogP contribution in [-0.2, 0) is 0 Å². The first-order chi connectivity index (χ1) is 10.1. The van der Waals surface area contributed by atoms with Gasteiger partial charge in [-0.3, -0.25) is 0 Å². The molecule has 0 bridgehead atoms. The summed E-state index contributed by atoms with van der Waals surface area (Å²) in [6.07, 6.45) is 1.40. The normalized spacial score (nSPS) is 17.6. The minimum absolute atomic E-state index is 0.193. The molecule has 0 saturated heterocycles. The van der Waals surface area contributed by atoms with Crippen molar-refractivity contribution in [3.8, 4) is 0 Å². The van der Waals surface area contributed by atoms with E-state index in [4.69, 9.17) is 0 Å². The van der Waals surface area contributed by atoms with Crippen molar-refractivity contribution >= 4 is 17.7 Å². The fourth-order valence-corrected chi connectivity index (χ4v) is 2.41. The summed E-state index contributed by atoms with van der Waals surface area (Å²) < 4.78 is 27.1. The molecule has 0 saturated carbocycles. The maximum Gasteiger partial charge on any atom is 0.241 e. The second-order valence-electron chi connectivity index (χ2n) is 4.85. The monoisotopic (exact) mass is 288 g/mol. The third-order valence-corrected chi connectivity index (χ3v) is 3.45. The van der Waals surface area contributed by atoms with Crippen molar-refractivity contribution in [3.05, 3.63) is 53.9 Å². The van der Waals surface area contributed by atoms with Crippen LogP contribution in [0.3, 0.4) is 0 Å². The van der Waals surface area contributed by atoms with Crippen molar-refractivity contribution in [3.63, 3.8) is 0 Å². The topological polar surface area (TPSA) is 31.7 Å². The molecule has 2 aromatic rings. The Hall–Kier alpha value is -2.50. The Balaban J connectivity index is 1.95. The van der Waals surface area contributed by atoms with E-state index < -0.39 is 11.9 Å². The molecule has 1 aliphatic heterocycles. The highest BCUT2D eigenvalue weighted by atomic mass is 19.1. The summed E-state index contributed by atoms with van der Waals surface area (Å²) in [6, 6.07) is 10.8. The van der Waals surface area contributed by atoms with Gasteiger partial charge in [-0.25, -0.2) is 5.01 Å².